The topological polar surface area (TPSA) is 71.8 Å². The summed E-state index contributed by atoms with van der Waals surface area (Å²) in [4.78, 5) is 42.1. The number of methoxy groups -OCH3 is 1. The number of hydrogen-bond acceptors (Lipinski definition) is 6. The third-order valence-electron chi connectivity index (χ3n) is 6.39. The van der Waals surface area contributed by atoms with Crippen LogP contribution in [-0.2, 0) is 16.1 Å². The number of amides is 2. The van der Waals surface area contributed by atoms with Crippen LogP contribution in [0, 0.1) is 5.92 Å². The highest BCUT2D eigenvalue weighted by molar-refractivity contribution is 8.26. The van der Waals surface area contributed by atoms with Gasteiger partial charge in [-0.15, -0.1) is 0 Å². The lowest BCUT2D eigenvalue weighted by molar-refractivity contribution is -0.137. The molecule has 0 saturated carbocycles. The Morgan fingerprint density at radius 1 is 1.18 bits per heavy atom. The van der Waals surface area contributed by atoms with Crippen LogP contribution in [0.15, 0.2) is 52.2 Å². The number of benzene rings is 1. The molecule has 1 aromatic heterocycles. The van der Waals surface area contributed by atoms with Gasteiger partial charge in [-0.05, 0) is 42.2 Å². The number of thioether (sulfide) groups is 1. The van der Waals surface area contributed by atoms with E-state index in [1.165, 1.54) is 16.7 Å². The molecule has 3 aliphatic rings. The fourth-order valence-electron chi connectivity index (χ4n) is 4.85. The van der Waals surface area contributed by atoms with E-state index in [4.69, 9.17) is 17.0 Å². The number of hydrogen-bond donors (Lipinski definition) is 0. The highest BCUT2D eigenvalue weighted by Crippen LogP contribution is 2.36. The van der Waals surface area contributed by atoms with Crippen molar-refractivity contribution in [1.29, 1.82) is 0 Å². The van der Waals surface area contributed by atoms with Gasteiger partial charge in [-0.3, -0.25) is 19.3 Å². The second kappa shape index (κ2) is 8.79. The summed E-state index contributed by atoms with van der Waals surface area (Å²) in [6.45, 7) is 1.69. The Morgan fingerprint density at radius 2 is 2.00 bits per heavy atom. The summed E-state index contributed by atoms with van der Waals surface area (Å²) in [6.07, 6.45) is 2.74. The van der Waals surface area contributed by atoms with Crippen molar-refractivity contribution in [3.8, 4) is 5.75 Å². The Kier molecular flexibility index (Phi) is 5.84. The van der Waals surface area contributed by atoms with E-state index in [0.717, 1.165) is 17.7 Å². The summed E-state index contributed by atoms with van der Waals surface area (Å²) in [7, 11) is 1.59. The first-order chi connectivity index (χ1) is 15.9. The van der Waals surface area contributed by atoms with Crippen molar-refractivity contribution >= 4 is 46.2 Å². The highest BCUT2D eigenvalue weighted by atomic mass is 32.2. The number of rotatable bonds is 4. The Morgan fingerprint density at radius 3 is 2.82 bits per heavy atom. The van der Waals surface area contributed by atoms with Gasteiger partial charge in [0.05, 0.1) is 12.0 Å². The molecule has 0 unspecified atom stereocenters. The number of likely N-dealkylation sites (tertiary alicyclic amines) is 1. The molecular formula is C24H23N3O4S2. The zero-order valence-electron chi connectivity index (χ0n) is 18.1. The fourth-order valence-corrected chi connectivity index (χ4v) is 6.11. The van der Waals surface area contributed by atoms with Gasteiger partial charge in [0, 0.05) is 37.3 Å². The van der Waals surface area contributed by atoms with Crippen molar-refractivity contribution in [2.45, 2.75) is 18.9 Å². The molecule has 2 fully saturated rings. The summed E-state index contributed by atoms with van der Waals surface area (Å²) < 4.78 is 7.47. The molecule has 0 radical (unpaired) electrons. The summed E-state index contributed by atoms with van der Waals surface area (Å²) in [5.41, 5.74) is 1.84. The summed E-state index contributed by atoms with van der Waals surface area (Å²) in [6, 6.07) is 12.8. The molecule has 0 spiro atoms. The number of thiocarbonyl (C=S) groups is 1. The van der Waals surface area contributed by atoms with Crippen LogP contribution in [0.25, 0.3) is 6.08 Å². The van der Waals surface area contributed by atoms with Gasteiger partial charge in [0.2, 0.25) is 5.91 Å². The van der Waals surface area contributed by atoms with Crippen molar-refractivity contribution in [2.24, 2.45) is 5.92 Å². The van der Waals surface area contributed by atoms with Crippen LogP contribution in [0.1, 0.15) is 23.6 Å². The van der Waals surface area contributed by atoms with Gasteiger partial charge in [-0.25, -0.2) is 0 Å². The quantitative estimate of drug-likeness (QED) is 0.494. The summed E-state index contributed by atoms with van der Waals surface area (Å²) >= 11 is 6.63. The molecule has 9 heteroatoms. The van der Waals surface area contributed by atoms with Crippen molar-refractivity contribution in [2.75, 3.05) is 26.7 Å². The molecule has 170 valence electrons. The van der Waals surface area contributed by atoms with E-state index in [1.54, 1.807) is 25.3 Å². The molecule has 2 bridgehead atoms. The van der Waals surface area contributed by atoms with E-state index in [0.29, 0.717) is 34.6 Å². The standard InChI is InChI=1S/C24H23N3O4S2/c1-31-18-5-2-4-15(9-18)10-20-23(30)27(24(32)33-20)14-22(29)25-11-16-8-17(13-25)19-6-3-7-21(28)26(19)12-16/h2-7,9-10,16-17H,8,11-14H2,1H3/b20-10-/t16-,17-/m1/s1. The minimum absolute atomic E-state index is 0.0161. The molecule has 0 N–H and O–H groups in total. The largest absolute Gasteiger partial charge is 0.497 e. The molecule has 33 heavy (non-hydrogen) atoms. The van der Waals surface area contributed by atoms with Crippen molar-refractivity contribution < 1.29 is 14.3 Å². The molecule has 0 aliphatic carbocycles. The lowest BCUT2D eigenvalue weighted by Crippen LogP contribution is -2.51. The first-order valence-electron chi connectivity index (χ1n) is 10.8. The van der Waals surface area contributed by atoms with Crippen LogP contribution < -0.4 is 10.3 Å². The van der Waals surface area contributed by atoms with Crippen LogP contribution in [0.3, 0.4) is 0 Å². The van der Waals surface area contributed by atoms with E-state index in [1.807, 2.05) is 39.8 Å². The first-order valence-corrected chi connectivity index (χ1v) is 12.0. The molecule has 2 amide bonds. The van der Waals surface area contributed by atoms with E-state index in [9.17, 15) is 14.4 Å². The number of carbonyl (C=O) groups is 2. The smallest absolute Gasteiger partial charge is 0.266 e. The van der Waals surface area contributed by atoms with Gasteiger partial charge < -0.3 is 14.2 Å². The van der Waals surface area contributed by atoms with Gasteiger partial charge in [-0.1, -0.05) is 42.2 Å². The maximum Gasteiger partial charge on any atom is 0.266 e. The van der Waals surface area contributed by atoms with E-state index < -0.39 is 0 Å². The van der Waals surface area contributed by atoms with Gasteiger partial charge in [0.1, 0.15) is 16.6 Å². The molecule has 5 rings (SSSR count). The molecular weight excluding hydrogens is 458 g/mol. The number of aromatic nitrogens is 1. The number of fused-ring (bicyclic) bond motifs is 4. The normalized spacial score (nSPS) is 23.1. The van der Waals surface area contributed by atoms with Gasteiger partial charge in [-0.2, -0.15) is 0 Å². The number of nitrogens with zero attached hydrogens (tertiary/aromatic N) is 3. The van der Waals surface area contributed by atoms with Gasteiger partial charge in [0.15, 0.2) is 0 Å². The Hall–Kier alpha value is -2.91. The number of piperidine rings is 1. The van der Waals surface area contributed by atoms with Crippen LogP contribution in [0.5, 0.6) is 5.75 Å². The third-order valence-corrected chi connectivity index (χ3v) is 7.77. The molecule has 2 saturated heterocycles. The molecule has 1 aromatic carbocycles. The van der Waals surface area contributed by atoms with Gasteiger partial charge in [0.25, 0.3) is 11.5 Å². The van der Waals surface area contributed by atoms with Crippen molar-refractivity contribution in [3.05, 3.63) is 69.0 Å². The summed E-state index contributed by atoms with van der Waals surface area (Å²) in [5.74, 6) is 0.702. The molecule has 7 nitrogen and oxygen atoms in total. The van der Waals surface area contributed by atoms with E-state index in [-0.39, 0.29) is 35.8 Å². The second-order valence-corrected chi connectivity index (χ2v) is 10.2. The molecule has 2 atom stereocenters. The molecule has 2 aromatic rings. The second-order valence-electron chi connectivity index (χ2n) is 8.54. The molecule has 3 aliphatic heterocycles. The van der Waals surface area contributed by atoms with Crippen molar-refractivity contribution in [1.82, 2.24) is 14.4 Å². The predicted molar refractivity (Wildman–Crippen MR) is 131 cm³/mol. The minimum atomic E-state index is -0.254. The van der Waals surface area contributed by atoms with Crippen LogP contribution in [0.2, 0.25) is 0 Å². The molecule has 4 heterocycles. The maximum absolute atomic E-state index is 13.2. The number of ether oxygens (including phenoxy) is 1. The van der Waals surface area contributed by atoms with Gasteiger partial charge >= 0.3 is 0 Å². The van der Waals surface area contributed by atoms with Crippen LogP contribution in [0.4, 0.5) is 0 Å². The predicted octanol–water partition coefficient (Wildman–Crippen LogP) is 2.70. The van der Waals surface area contributed by atoms with E-state index >= 15 is 0 Å². The van der Waals surface area contributed by atoms with Crippen LogP contribution in [-0.4, -0.2) is 57.2 Å². The maximum atomic E-state index is 13.2. The van der Waals surface area contributed by atoms with Crippen LogP contribution >= 0.6 is 24.0 Å². The SMILES string of the molecule is COc1cccc(/C=C2\SC(=S)N(CC(=O)N3C[C@H]4C[C@H](C3)c3cccc(=O)n3C4)C2=O)c1. The first kappa shape index (κ1) is 21.9. The lowest BCUT2D eigenvalue weighted by Gasteiger charge is -2.43. The zero-order chi connectivity index (χ0) is 23.1. The highest BCUT2D eigenvalue weighted by Gasteiger charge is 2.39. The third kappa shape index (κ3) is 4.22. The lowest BCUT2D eigenvalue weighted by atomic mass is 9.83. The van der Waals surface area contributed by atoms with E-state index in [2.05, 4.69) is 0 Å². The Labute approximate surface area is 201 Å². The minimum Gasteiger partial charge on any atom is -0.497 e. The number of carbonyl (C=O) groups excluding carboxylic acids is 2. The average molecular weight is 482 g/mol. The number of pyridine rings is 1. The monoisotopic (exact) mass is 481 g/mol. The zero-order valence-corrected chi connectivity index (χ0v) is 19.7. The van der Waals surface area contributed by atoms with Crippen molar-refractivity contribution in [3.63, 3.8) is 0 Å². The average Bonchev–Trinajstić information content (AvgIpc) is 3.07. The fraction of sp³-hybridized carbons (Fsp3) is 0.333. The Balaban J connectivity index is 1.29. The Bertz CT molecular complexity index is 1240. The summed E-state index contributed by atoms with van der Waals surface area (Å²) in [5, 5.41) is 0.